The molecule has 43 heavy (non-hydrogen) atoms. The highest BCUT2D eigenvalue weighted by atomic mass is 32.1. The molecule has 0 saturated carbocycles. The number of para-hydroxylation sites is 1. The summed E-state index contributed by atoms with van der Waals surface area (Å²) in [7, 11) is 0. The number of nitrogens with one attached hydrogen (secondary N) is 3. The lowest BCUT2D eigenvalue weighted by Gasteiger charge is -2.10. The van der Waals surface area contributed by atoms with E-state index in [9.17, 15) is 14.9 Å². The Bertz CT molecular complexity index is 1670. The molecule has 0 spiro atoms. The van der Waals surface area contributed by atoms with E-state index in [1.54, 1.807) is 47.6 Å². The molecule has 0 fully saturated rings. The predicted octanol–water partition coefficient (Wildman–Crippen LogP) is 6.60. The molecule has 0 aliphatic heterocycles. The van der Waals surface area contributed by atoms with Gasteiger partial charge in [0, 0.05) is 23.0 Å². The minimum absolute atomic E-state index is 0.329. The Labute approximate surface area is 256 Å². The second-order valence-corrected chi connectivity index (χ2v) is 11.0. The van der Waals surface area contributed by atoms with Crippen molar-refractivity contribution < 1.29 is 14.5 Å². The molecule has 3 N–H and O–H groups in total. The fourth-order valence-electron chi connectivity index (χ4n) is 4.58. The van der Waals surface area contributed by atoms with Gasteiger partial charge in [-0.25, -0.2) is 0 Å². The van der Waals surface area contributed by atoms with E-state index in [2.05, 4.69) is 48.5 Å². The first-order valence-electron chi connectivity index (χ1n) is 14.4. The number of thiophene rings is 1. The fraction of sp³-hybridized carbons (Fsp3) is 0.200. The van der Waals surface area contributed by atoms with Crippen LogP contribution in [0.3, 0.4) is 0 Å². The lowest BCUT2D eigenvalue weighted by atomic mass is 10.0. The second-order valence-electron chi connectivity index (χ2n) is 9.87. The van der Waals surface area contributed by atoms with Crippen LogP contribution in [-0.4, -0.2) is 36.3 Å². The molecule has 3 aromatic carbocycles. The van der Waals surface area contributed by atoms with Crippen LogP contribution in [0.25, 0.3) is 21.2 Å². The smallest absolute Gasteiger partial charge is 0.249 e. The number of hydrogen-bond acceptors (Lipinski definition) is 6. The molecule has 1 amide bonds. The molecule has 2 aromatic heterocycles. The molecular weight excluding hydrogens is 554 g/mol. The minimum atomic E-state index is -1.45. The van der Waals surface area contributed by atoms with Crippen LogP contribution in [0.15, 0.2) is 103 Å². The highest BCUT2D eigenvalue weighted by Gasteiger charge is 2.29. The number of aromatic nitrogens is 1. The molecule has 0 aliphatic rings. The molecule has 0 aliphatic carbocycles. The Morgan fingerprint density at radius 1 is 0.837 bits per heavy atom. The summed E-state index contributed by atoms with van der Waals surface area (Å²) in [6.45, 7) is 10.5. The van der Waals surface area contributed by atoms with Crippen LogP contribution in [0.4, 0.5) is 17.1 Å². The van der Waals surface area contributed by atoms with Crippen molar-refractivity contribution in [3.63, 3.8) is 0 Å². The van der Waals surface area contributed by atoms with Gasteiger partial charge in [0.15, 0.2) is 11.7 Å². The molecule has 5 aromatic rings. The Hall–Kier alpha value is -4.84. The number of nitrogens with zero attached hydrogens (tertiary/aromatic N) is 2. The number of hydrogen-bond donors (Lipinski definition) is 3. The highest BCUT2D eigenvalue weighted by molar-refractivity contribution is 7.21. The van der Waals surface area contributed by atoms with E-state index in [1.165, 1.54) is 31.0 Å². The van der Waals surface area contributed by atoms with Crippen molar-refractivity contribution in [1.29, 1.82) is 5.26 Å². The van der Waals surface area contributed by atoms with Crippen molar-refractivity contribution in [2.24, 2.45) is 5.92 Å². The first-order valence-corrected chi connectivity index (χ1v) is 15.2. The summed E-state index contributed by atoms with van der Waals surface area (Å²) in [6, 6.07) is 30.5. The van der Waals surface area contributed by atoms with Gasteiger partial charge < -0.3 is 15.5 Å². The Kier molecular flexibility index (Phi) is 11.1. The van der Waals surface area contributed by atoms with Crippen LogP contribution < -0.4 is 15.5 Å². The van der Waals surface area contributed by atoms with E-state index in [1.807, 2.05) is 54.6 Å². The van der Waals surface area contributed by atoms with E-state index in [0.29, 0.717) is 10.6 Å². The highest BCUT2D eigenvalue weighted by Crippen LogP contribution is 2.34. The van der Waals surface area contributed by atoms with Crippen LogP contribution in [-0.2, 0) is 4.79 Å². The molecule has 8 heteroatoms. The van der Waals surface area contributed by atoms with E-state index in [4.69, 9.17) is 0 Å². The zero-order chi connectivity index (χ0) is 30.6. The normalized spacial score (nSPS) is 11.2. The number of carbonyl (C=O) groups is 2. The number of benzene rings is 3. The summed E-state index contributed by atoms with van der Waals surface area (Å²) < 4.78 is 0.782. The number of carbonyl (C=O) groups excluding carboxylic acids is 2. The largest absolute Gasteiger partial charge is 0.354 e. The van der Waals surface area contributed by atoms with Gasteiger partial charge in [0.25, 0.3) is 0 Å². The third-order valence-corrected chi connectivity index (χ3v) is 8.24. The molecule has 1 atom stereocenters. The van der Waals surface area contributed by atoms with Crippen molar-refractivity contribution in [3.8, 4) is 17.2 Å². The van der Waals surface area contributed by atoms with Gasteiger partial charge in [-0.15, -0.1) is 11.3 Å². The zero-order valence-corrected chi connectivity index (χ0v) is 25.4. The van der Waals surface area contributed by atoms with Crippen LogP contribution in [0.1, 0.15) is 30.4 Å². The third kappa shape index (κ3) is 8.13. The lowest BCUT2D eigenvalue weighted by Crippen LogP contribution is -3.11. The van der Waals surface area contributed by atoms with Gasteiger partial charge >= 0.3 is 0 Å². The molecule has 0 bridgehead atoms. The summed E-state index contributed by atoms with van der Waals surface area (Å²) in [4.78, 5) is 32.0. The van der Waals surface area contributed by atoms with Crippen LogP contribution in [0.5, 0.6) is 0 Å². The molecule has 218 valence electrons. The minimum Gasteiger partial charge on any atom is -0.354 e. The van der Waals surface area contributed by atoms with Crippen molar-refractivity contribution in [3.05, 3.63) is 108 Å². The summed E-state index contributed by atoms with van der Waals surface area (Å²) >= 11 is 1.21. The third-order valence-electron chi connectivity index (χ3n) is 7.16. The number of ketones is 1. The summed E-state index contributed by atoms with van der Waals surface area (Å²) in [5, 5.41) is 16.4. The number of Topliss-reactive ketones (excluding diaryl/α,β-unsaturated/α-hetero) is 1. The lowest BCUT2D eigenvalue weighted by molar-refractivity contribution is -0.894. The average Bonchev–Trinajstić information content (AvgIpc) is 3.50. The molecule has 5 rings (SSSR count). The van der Waals surface area contributed by atoms with Crippen molar-refractivity contribution in [2.45, 2.75) is 20.8 Å². The second kappa shape index (κ2) is 15.4. The quantitative estimate of drug-likeness (QED) is 0.126. The zero-order valence-electron chi connectivity index (χ0n) is 24.6. The first-order chi connectivity index (χ1) is 21.0. The molecule has 2 heterocycles. The summed E-state index contributed by atoms with van der Waals surface area (Å²) in [5.74, 6) is -2.64. The Morgan fingerprint density at radius 3 is 2.02 bits per heavy atom. The number of nitriles is 1. The summed E-state index contributed by atoms with van der Waals surface area (Å²) in [6.07, 6.45) is 3.37. The Balaban J connectivity index is 0.000000541. The van der Waals surface area contributed by atoms with Gasteiger partial charge in [0.1, 0.15) is 0 Å². The fourth-order valence-corrected chi connectivity index (χ4v) is 5.60. The van der Waals surface area contributed by atoms with Gasteiger partial charge in [-0.05, 0) is 62.2 Å². The molecule has 7 nitrogen and oxygen atoms in total. The van der Waals surface area contributed by atoms with Crippen molar-refractivity contribution >= 4 is 50.2 Å². The van der Waals surface area contributed by atoms with Crippen LogP contribution in [0.2, 0.25) is 0 Å². The van der Waals surface area contributed by atoms with Crippen molar-refractivity contribution in [2.75, 3.05) is 30.3 Å². The van der Waals surface area contributed by atoms with E-state index >= 15 is 0 Å². The maximum Gasteiger partial charge on any atom is 0.249 e. The summed E-state index contributed by atoms with van der Waals surface area (Å²) in [5.41, 5.74) is 4.38. The van der Waals surface area contributed by atoms with Crippen LogP contribution in [0, 0.1) is 17.2 Å². The number of pyridine rings is 1. The first kappa shape index (κ1) is 31.1. The molecule has 1 unspecified atom stereocenters. The monoisotopic (exact) mass is 590 g/mol. The molecular formula is C35H36N5O2S+. The van der Waals surface area contributed by atoms with Crippen molar-refractivity contribution in [1.82, 2.24) is 4.98 Å². The number of amides is 1. The van der Waals surface area contributed by atoms with Gasteiger partial charge in [0.2, 0.25) is 5.91 Å². The van der Waals surface area contributed by atoms with Gasteiger partial charge in [-0.3, -0.25) is 14.6 Å². The average molecular weight is 591 g/mol. The SMILES string of the molecule is CC[NH+](CC)CC.N#CC(C(=O)Nc1ccccc1)C(=O)c1cc2c(Nc3ccc(-c4ccccc4)cc3)cncc2s1. The van der Waals surface area contributed by atoms with E-state index < -0.39 is 17.6 Å². The Morgan fingerprint density at radius 2 is 1.44 bits per heavy atom. The standard InChI is InChI=1S/C29H20N4O2S.C6H15N/c30-16-24(29(35)33-21-9-5-2-6-10-21)28(34)26-15-23-25(17-31-18-27(23)36-26)32-22-13-11-20(12-14-22)19-7-3-1-4-8-19;1-4-7(5-2)6-3/h1-15,17-18,24,32H,(H,33,35);4-6H2,1-3H3/p+1. The maximum atomic E-state index is 13.1. The van der Waals surface area contributed by atoms with E-state index in [0.717, 1.165) is 32.6 Å². The van der Waals surface area contributed by atoms with E-state index in [-0.39, 0.29) is 0 Å². The van der Waals surface area contributed by atoms with Gasteiger partial charge in [-0.2, -0.15) is 5.26 Å². The topological polar surface area (TPSA) is 99.3 Å². The number of anilines is 3. The van der Waals surface area contributed by atoms with Crippen LogP contribution >= 0.6 is 11.3 Å². The predicted molar refractivity (Wildman–Crippen MR) is 176 cm³/mol. The van der Waals surface area contributed by atoms with Gasteiger partial charge in [0.05, 0.1) is 47.2 Å². The molecule has 0 radical (unpaired) electrons. The maximum absolute atomic E-state index is 13.1. The van der Waals surface area contributed by atoms with Gasteiger partial charge in [-0.1, -0.05) is 60.7 Å². The number of fused-ring (bicyclic) bond motifs is 1. The molecule has 0 saturated heterocycles. The number of rotatable bonds is 10. The number of quaternary nitrogens is 1.